The zero-order valence-corrected chi connectivity index (χ0v) is 14.7. The number of carbonyl (C=O) groups excluding carboxylic acids is 3. The molecule has 0 radical (unpaired) electrons. The van der Waals surface area contributed by atoms with Crippen LogP contribution in [0.25, 0.3) is 0 Å². The molecule has 1 fully saturated rings. The zero-order valence-electron chi connectivity index (χ0n) is 14.7. The van der Waals surface area contributed by atoms with Gasteiger partial charge in [-0.1, -0.05) is 12.8 Å². The van der Waals surface area contributed by atoms with Crippen LogP contribution in [0, 0.1) is 5.92 Å². The van der Waals surface area contributed by atoms with Crippen LogP contribution in [0.15, 0.2) is 24.3 Å². The second kappa shape index (κ2) is 9.38. The van der Waals surface area contributed by atoms with E-state index in [-0.39, 0.29) is 36.3 Å². The Labute approximate surface area is 154 Å². The number of hydrogen-bond acceptors (Lipinski definition) is 3. The van der Waals surface area contributed by atoms with Gasteiger partial charge in [0.25, 0.3) is 5.91 Å². The maximum atomic E-state index is 12.1. The molecular weight excluding hydrogens is 363 g/mol. The first-order chi connectivity index (χ1) is 12.7. The van der Waals surface area contributed by atoms with Gasteiger partial charge in [-0.2, -0.15) is 13.2 Å². The molecule has 0 aromatic heterocycles. The van der Waals surface area contributed by atoms with Crippen LogP contribution >= 0.6 is 0 Å². The molecule has 0 atom stereocenters. The molecule has 1 aromatic carbocycles. The van der Waals surface area contributed by atoms with Crippen molar-refractivity contribution in [2.45, 2.75) is 38.3 Å². The summed E-state index contributed by atoms with van der Waals surface area (Å²) in [6, 6.07) is 5.50. The highest BCUT2D eigenvalue weighted by atomic mass is 19.4. The summed E-state index contributed by atoms with van der Waals surface area (Å²) in [4.78, 5) is 35.3. The summed E-state index contributed by atoms with van der Waals surface area (Å²) in [6.07, 6.45) is -0.476. The van der Waals surface area contributed by atoms with Crippen molar-refractivity contribution in [3.63, 3.8) is 0 Å². The summed E-state index contributed by atoms with van der Waals surface area (Å²) >= 11 is 0. The molecule has 0 spiro atoms. The Bertz CT molecular complexity index is 669. The van der Waals surface area contributed by atoms with E-state index in [1.54, 1.807) is 5.32 Å². The van der Waals surface area contributed by atoms with E-state index in [0.29, 0.717) is 5.69 Å². The number of benzene rings is 1. The summed E-state index contributed by atoms with van der Waals surface area (Å²) in [5.41, 5.74) is 0.468. The molecule has 0 aliphatic heterocycles. The third-order valence-electron chi connectivity index (χ3n) is 4.26. The van der Waals surface area contributed by atoms with E-state index < -0.39 is 18.6 Å². The summed E-state index contributed by atoms with van der Waals surface area (Å²) in [5.74, 6) is -1.13. The SMILES string of the molecule is O=C(CCNC(=O)C1CCCC1)Nc1ccc(C(=O)NCC(F)(F)F)cc1. The summed E-state index contributed by atoms with van der Waals surface area (Å²) < 4.78 is 36.3. The maximum absolute atomic E-state index is 12.1. The van der Waals surface area contributed by atoms with E-state index >= 15 is 0 Å². The number of nitrogens with one attached hydrogen (secondary N) is 3. The Hall–Kier alpha value is -2.58. The summed E-state index contributed by atoms with van der Waals surface area (Å²) in [7, 11) is 0. The van der Waals surface area contributed by atoms with Crippen LogP contribution < -0.4 is 16.0 Å². The molecular formula is C18H22F3N3O3. The molecule has 2 rings (SSSR count). The third kappa shape index (κ3) is 7.28. The van der Waals surface area contributed by atoms with Gasteiger partial charge < -0.3 is 16.0 Å². The van der Waals surface area contributed by atoms with Crippen molar-refractivity contribution < 1.29 is 27.6 Å². The molecule has 0 saturated heterocycles. The minimum Gasteiger partial charge on any atom is -0.355 e. The second-order valence-corrected chi connectivity index (χ2v) is 6.45. The van der Waals surface area contributed by atoms with Gasteiger partial charge in [0.2, 0.25) is 11.8 Å². The van der Waals surface area contributed by atoms with Crippen molar-refractivity contribution in [3.05, 3.63) is 29.8 Å². The number of carbonyl (C=O) groups is 3. The molecule has 3 N–H and O–H groups in total. The molecule has 1 saturated carbocycles. The monoisotopic (exact) mass is 385 g/mol. The first-order valence-electron chi connectivity index (χ1n) is 8.77. The van der Waals surface area contributed by atoms with Crippen molar-refractivity contribution in [2.24, 2.45) is 5.92 Å². The molecule has 0 heterocycles. The average Bonchev–Trinajstić information content (AvgIpc) is 3.14. The number of halogens is 3. The topological polar surface area (TPSA) is 87.3 Å². The Morgan fingerprint density at radius 2 is 1.63 bits per heavy atom. The molecule has 9 heteroatoms. The van der Waals surface area contributed by atoms with Crippen molar-refractivity contribution in [3.8, 4) is 0 Å². The van der Waals surface area contributed by atoms with Crippen molar-refractivity contribution in [1.82, 2.24) is 10.6 Å². The van der Waals surface area contributed by atoms with Crippen molar-refractivity contribution >= 4 is 23.4 Å². The highest BCUT2D eigenvalue weighted by Crippen LogP contribution is 2.24. The maximum Gasteiger partial charge on any atom is 0.405 e. The number of rotatable bonds is 7. The highest BCUT2D eigenvalue weighted by Gasteiger charge is 2.27. The van der Waals surface area contributed by atoms with Crippen LogP contribution in [0.3, 0.4) is 0 Å². The summed E-state index contributed by atoms with van der Waals surface area (Å²) in [5, 5.41) is 7.12. The predicted octanol–water partition coefficient (Wildman–Crippen LogP) is 2.61. The van der Waals surface area contributed by atoms with Gasteiger partial charge in [-0.15, -0.1) is 0 Å². The van der Waals surface area contributed by atoms with Gasteiger partial charge in [-0.25, -0.2) is 0 Å². The van der Waals surface area contributed by atoms with Crippen LogP contribution in [0.2, 0.25) is 0 Å². The number of anilines is 1. The van der Waals surface area contributed by atoms with Gasteiger partial charge in [0.15, 0.2) is 0 Å². The van der Waals surface area contributed by atoms with Crippen LogP contribution in [-0.4, -0.2) is 37.0 Å². The fourth-order valence-corrected chi connectivity index (χ4v) is 2.84. The molecule has 0 unspecified atom stereocenters. The molecule has 1 aromatic rings. The van der Waals surface area contributed by atoms with E-state index in [0.717, 1.165) is 25.7 Å². The van der Waals surface area contributed by atoms with Crippen LogP contribution in [0.4, 0.5) is 18.9 Å². The van der Waals surface area contributed by atoms with Gasteiger partial charge in [-0.05, 0) is 37.1 Å². The Kier molecular flexibility index (Phi) is 7.20. The fourth-order valence-electron chi connectivity index (χ4n) is 2.84. The molecule has 148 valence electrons. The summed E-state index contributed by atoms with van der Waals surface area (Å²) in [6.45, 7) is -1.17. The number of amides is 3. The molecule has 1 aliphatic rings. The largest absolute Gasteiger partial charge is 0.405 e. The van der Waals surface area contributed by atoms with E-state index in [1.165, 1.54) is 24.3 Å². The minimum absolute atomic E-state index is 0.0190. The van der Waals surface area contributed by atoms with Crippen molar-refractivity contribution in [2.75, 3.05) is 18.4 Å². The normalized spacial score (nSPS) is 14.6. The van der Waals surface area contributed by atoms with E-state index in [9.17, 15) is 27.6 Å². The lowest BCUT2D eigenvalue weighted by molar-refractivity contribution is -0.125. The lowest BCUT2D eigenvalue weighted by atomic mass is 10.1. The lowest BCUT2D eigenvalue weighted by Gasteiger charge is -2.11. The molecule has 3 amide bonds. The fraction of sp³-hybridized carbons (Fsp3) is 0.500. The van der Waals surface area contributed by atoms with Gasteiger partial charge in [0, 0.05) is 30.1 Å². The van der Waals surface area contributed by atoms with Gasteiger partial charge in [0.05, 0.1) is 0 Å². The van der Waals surface area contributed by atoms with E-state index in [4.69, 9.17) is 0 Å². The minimum atomic E-state index is -4.48. The van der Waals surface area contributed by atoms with Crippen LogP contribution in [0.1, 0.15) is 42.5 Å². The number of hydrogen-bond donors (Lipinski definition) is 3. The first kappa shape index (κ1) is 20.7. The van der Waals surface area contributed by atoms with Crippen LogP contribution in [-0.2, 0) is 9.59 Å². The van der Waals surface area contributed by atoms with E-state index in [2.05, 4.69) is 10.6 Å². The average molecular weight is 385 g/mol. The lowest BCUT2D eigenvalue weighted by Crippen LogP contribution is -2.33. The zero-order chi connectivity index (χ0) is 19.9. The molecule has 27 heavy (non-hydrogen) atoms. The van der Waals surface area contributed by atoms with Crippen molar-refractivity contribution in [1.29, 1.82) is 0 Å². The molecule has 1 aliphatic carbocycles. The Balaban J connectivity index is 1.72. The quantitative estimate of drug-likeness (QED) is 0.674. The predicted molar refractivity (Wildman–Crippen MR) is 93.0 cm³/mol. The van der Waals surface area contributed by atoms with Gasteiger partial charge in [-0.3, -0.25) is 14.4 Å². The highest BCUT2D eigenvalue weighted by molar-refractivity contribution is 5.95. The first-order valence-corrected chi connectivity index (χ1v) is 8.77. The van der Waals surface area contributed by atoms with E-state index in [1.807, 2.05) is 0 Å². The second-order valence-electron chi connectivity index (χ2n) is 6.45. The number of alkyl halides is 3. The third-order valence-corrected chi connectivity index (χ3v) is 4.26. The Morgan fingerprint density at radius 3 is 2.22 bits per heavy atom. The van der Waals surface area contributed by atoms with Gasteiger partial charge in [0.1, 0.15) is 6.54 Å². The van der Waals surface area contributed by atoms with Crippen LogP contribution in [0.5, 0.6) is 0 Å². The van der Waals surface area contributed by atoms with Gasteiger partial charge >= 0.3 is 6.18 Å². The standard InChI is InChI=1S/C18H22F3N3O3/c19-18(20,21)11-23-17(27)13-5-7-14(8-6-13)24-15(25)9-10-22-16(26)12-3-1-2-4-12/h5-8,12H,1-4,9-11H2,(H,22,26)(H,23,27)(H,24,25). The smallest absolute Gasteiger partial charge is 0.355 e. The molecule has 6 nitrogen and oxygen atoms in total. The Morgan fingerprint density at radius 1 is 1.00 bits per heavy atom. The molecule has 0 bridgehead atoms.